The molecule has 0 amide bonds. The van der Waals surface area contributed by atoms with Crippen LogP contribution in [-0.4, -0.2) is 26.8 Å². The second-order valence-corrected chi connectivity index (χ2v) is 6.74. The van der Waals surface area contributed by atoms with Crippen LogP contribution in [0.15, 0.2) is 49.0 Å². The molecule has 0 aliphatic heterocycles. The number of benzene rings is 1. The van der Waals surface area contributed by atoms with Crippen molar-refractivity contribution in [2.75, 3.05) is 7.11 Å². The van der Waals surface area contributed by atoms with Crippen LogP contribution in [0.5, 0.6) is 5.75 Å². The van der Waals surface area contributed by atoms with Crippen LogP contribution in [0.1, 0.15) is 30.0 Å². The van der Waals surface area contributed by atoms with Gasteiger partial charge in [0.2, 0.25) is 17.3 Å². The lowest BCUT2D eigenvalue weighted by Gasteiger charge is -2.10. The Morgan fingerprint density at radius 2 is 1.86 bits per heavy atom. The first-order valence-corrected chi connectivity index (χ1v) is 8.89. The molecule has 0 N–H and O–H groups in total. The van der Waals surface area contributed by atoms with Gasteiger partial charge in [-0.3, -0.25) is 4.79 Å². The van der Waals surface area contributed by atoms with E-state index in [1.165, 1.54) is 19.4 Å². The summed E-state index contributed by atoms with van der Waals surface area (Å²) in [7, 11) is 1.41. The van der Waals surface area contributed by atoms with Gasteiger partial charge >= 0.3 is 5.76 Å². The van der Waals surface area contributed by atoms with Gasteiger partial charge in [0.15, 0.2) is 11.3 Å². The van der Waals surface area contributed by atoms with Gasteiger partial charge in [-0.25, -0.2) is 14.3 Å². The Bertz CT molecular complexity index is 1310. The molecule has 0 fully saturated rings. The summed E-state index contributed by atoms with van der Waals surface area (Å²) < 4.78 is 16.7. The fourth-order valence-electron chi connectivity index (χ4n) is 3.25. The van der Waals surface area contributed by atoms with E-state index in [1.807, 2.05) is 32.0 Å². The molecule has 0 aliphatic carbocycles. The van der Waals surface area contributed by atoms with Crippen molar-refractivity contribution in [1.29, 1.82) is 0 Å². The number of fused-ring (bicyclic) bond motifs is 1. The fourth-order valence-corrected chi connectivity index (χ4v) is 3.25. The Morgan fingerprint density at radius 3 is 2.55 bits per heavy atom. The molecular formula is C20H18N4O5. The number of aromatic nitrogens is 4. The van der Waals surface area contributed by atoms with E-state index in [4.69, 9.17) is 13.7 Å². The Kier molecular flexibility index (Phi) is 4.50. The first-order chi connectivity index (χ1) is 13.9. The van der Waals surface area contributed by atoms with Crippen molar-refractivity contribution < 1.29 is 13.7 Å². The summed E-state index contributed by atoms with van der Waals surface area (Å²) in [5, 5.41) is 3.99. The van der Waals surface area contributed by atoms with E-state index >= 15 is 0 Å². The minimum atomic E-state index is -0.868. The predicted octanol–water partition coefficient (Wildman–Crippen LogP) is 2.63. The quantitative estimate of drug-likeness (QED) is 0.519. The monoisotopic (exact) mass is 394 g/mol. The Labute approximate surface area is 164 Å². The summed E-state index contributed by atoms with van der Waals surface area (Å²) in [6.07, 6.45) is 1.41. The van der Waals surface area contributed by atoms with Gasteiger partial charge in [-0.1, -0.05) is 22.3 Å². The zero-order chi connectivity index (χ0) is 20.7. The van der Waals surface area contributed by atoms with Crippen LogP contribution in [0.2, 0.25) is 0 Å². The van der Waals surface area contributed by atoms with Crippen LogP contribution < -0.4 is 16.1 Å². The number of nitrogens with zero attached hydrogens (tertiary/aromatic N) is 4. The third-order valence-electron chi connectivity index (χ3n) is 4.56. The van der Waals surface area contributed by atoms with Crippen LogP contribution in [0, 0.1) is 13.8 Å². The van der Waals surface area contributed by atoms with E-state index in [1.54, 1.807) is 6.92 Å². The summed E-state index contributed by atoms with van der Waals surface area (Å²) in [6, 6.07) is 6.56. The third-order valence-corrected chi connectivity index (χ3v) is 4.56. The maximum Gasteiger partial charge on any atom is 0.423 e. The molecule has 4 rings (SSSR count). The van der Waals surface area contributed by atoms with Crippen molar-refractivity contribution in [3.63, 3.8) is 0 Å². The zero-order valence-corrected chi connectivity index (χ0v) is 16.3. The van der Waals surface area contributed by atoms with Crippen LogP contribution in [-0.2, 0) is 0 Å². The molecule has 0 unspecified atom stereocenters. The van der Waals surface area contributed by atoms with Gasteiger partial charge in [0, 0.05) is 17.8 Å². The van der Waals surface area contributed by atoms with Crippen molar-refractivity contribution in [2.24, 2.45) is 0 Å². The number of hydrogen-bond acceptors (Lipinski definition) is 8. The van der Waals surface area contributed by atoms with Gasteiger partial charge in [0.05, 0.1) is 7.11 Å². The molecule has 1 atom stereocenters. The molecule has 3 heterocycles. The number of ether oxygens (including phenoxy) is 1. The summed E-state index contributed by atoms with van der Waals surface area (Å²) in [5.74, 6) is -0.140. The van der Waals surface area contributed by atoms with Crippen molar-refractivity contribution in [2.45, 2.75) is 26.8 Å². The van der Waals surface area contributed by atoms with E-state index < -0.39 is 17.4 Å². The van der Waals surface area contributed by atoms with Gasteiger partial charge < -0.3 is 13.7 Å². The highest BCUT2D eigenvalue weighted by atomic mass is 16.5. The van der Waals surface area contributed by atoms with E-state index in [-0.39, 0.29) is 22.7 Å². The van der Waals surface area contributed by atoms with Gasteiger partial charge in [0.25, 0.3) is 5.56 Å². The van der Waals surface area contributed by atoms with Crippen LogP contribution in [0.25, 0.3) is 22.5 Å². The number of aryl methyl sites for hydroxylation is 2. The highest BCUT2D eigenvalue weighted by Crippen LogP contribution is 2.23. The lowest BCUT2D eigenvalue weighted by Crippen LogP contribution is -2.35. The number of rotatable bonds is 4. The molecule has 0 saturated heterocycles. The zero-order valence-electron chi connectivity index (χ0n) is 16.3. The highest BCUT2D eigenvalue weighted by Gasteiger charge is 2.24. The van der Waals surface area contributed by atoms with Gasteiger partial charge in [-0.15, -0.1) is 0 Å². The van der Waals surface area contributed by atoms with Crippen molar-refractivity contribution in [1.82, 2.24) is 19.7 Å². The van der Waals surface area contributed by atoms with Crippen molar-refractivity contribution in [3.8, 4) is 17.1 Å². The SMILES string of the molecule is COc1ccnc2c(=O)n([C@@H](C)c3nc(-c4cc(C)cc(C)c4)no3)c(=O)oc12. The first kappa shape index (κ1) is 18.6. The largest absolute Gasteiger partial charge is 0.493 e. The molecule has 0 radical (unpaired) electrons. The summed E-state index contributed by atoms with van der Waals surface area (Å²) >= 11 is 0. The molecule has 0 saturated carbocycles. The summed E-state index contributed by atoms with van der Waals surface area (Å²) in [4.78, 5) is 33.8. The highest BCUT2D eigenvalue weighted by molar-refractivity contribution is 5.77. The molecular weight excluding hydrogens is 376 g/mol. The second kappa shape index (κ2) is 7.01. The average molecular weight is 394 g/mol. The second-order valence-electron chi connectivity index (χ2n) is 6.74. The van der Waals surface area contributed by atoms with Crippen LogP contribution in [0.4, 0.5) is 0 Å². The Balaban J connectivity index is 1.81. The number of hydrogen-bond donors (Lipinski definition) is 0. The Morgan fingerprint density at radius 1 is 1.14 bits per heavy atom. The summed E-state index contributed by atoms with van der Waals surface area (Å²) in [6.45, 7) is 5.55. The lowest BCUT2D eigenvalue weighted by atomic mass is 10.1. The number of methoxy groups -OCH3 is 1. The average Bonchev–Trinajstić information content (AvgIpc) is 3.17. The molecule has 3 aromatic heterocycles. The normalized spacial score (nSPS) is 12.3. The lowest BCUT2D eigenvalue weighted by molar-refractivity contribution is 0.324. The molecule has 0 spiro atoms. The van der Waals surface area contributed by atoms with Crippen LogP contribution in [0.3, 0.4) is 0 Å². The van der Waals surface area contributed by atoms with Crippen LogP contribution >= 0.6 is 0 Å². The Hall–Kier alpha value is -3.75. The molecule has 1 aromatic carbocycles. The molecule has 0 aliphatic rings. The van der Waals surface area contributed by atoms with E-state index in [0.29, 0.717) is 5.82 Å². The molecule has 0 bridgehead atoms. The molecule has 4 aromatic rings. The first-order valence-electron chi connectivity index (χ1n) is 8.89. The minimum absolute atomic E-state index is 0.00472. The molecule has 9 heteroatoms. The maximum absolute atomic E-state index is 12.9. The van der Waals surface area contributed by atoms with E-state index in [2.05, 4.69) is 15.1 Å². The molecule has 9 nitrogen and oxygen atoms in total. The topological polar surface area (TPSA) is 113 Å². The van der Waals surface area contributed by atoms with Crippen molar-refractivity contribution in [3.05, 3.63) is 68.4 Å². The third kappa shape index (κ3) is 3.20. The molecule has 29 heavy (non-hydrogen) atoms. The smallest absolute Gasteiger partial charge is 0.423 e. The van der Waals surface area contributed by atoms with Gasteiger partial charge in [0.1, 0.15) is 6.04 Å². The predicted molar refractivity (Wildman–Crippen MR) is 104 cm³/mol. The maximum atomic E-state index is 12.9. The standard InChI is InChI=1S/C20H18N4O5/c1-10-7-11(2)9-13(8-10)17-22-18(29-23-17)12(3)24-19(25)15-16(28-20(24)26)14(27-4)5-6-21-15/h5-9,12H,1-4H3/t12-/m0/s1. The van der Waals surface area contributed by atoms with Gasteiger partial charge in [-0.05, 0) is 32.9 Å². The van der Waals surface area contributed by atoms with Crippen molar-refractivity contribution >= 4 is 11.1 Å². The number of pyridine rings is 1. The van der Waals surface area contributed by atoms with E-state index in [9.17, 15) is 9.59 Å². The summed E-state index contributed by atoms with van der Waals surface area (Å²) in [5.41, 5.74) is 2.25. The fraction of sp³-hybridized carbons (Fsp3) is 0.250. The van der Waals surface area contributed by atoms with Gasteiger partial charge in [-0.2, -0.15) is 4.98 Å². The molecule has 148 valence electrons. The van der Waals surface area contributed by atoms with E-state index in [0.717, 1.165) is 21.3 Å². The minimum Gasteiger partial charge on any atom is -0.493 e.